The van der Waals surface area contributed by atoms with E-state index in [1.165, 1.54) is 12.1 Å². The van der Waals surface area contributed by atoms with Crippen molar-refractivity contribution in [2.75, 3.05) is 5.73 Å². The number of halogens is 1. The Labute approximate surface area is 163 Å². The van der Waals surface area contributed by atoms with E-state index in [0.29, 0.717) is 17.2 Å². The Morgan fingerprint density at radius 2 is 1.59 bits per heavy atom. The van der Waals surface area contributed by atoms with Gasteiger partial charge < -0.3 is 15.7 Å². The molecule has 4 aromatic heterocycles. The normalized spacial score (nSPS) is 11.8. The number of nitrogens with two attached hydrogens (primary N) is 1. The van der Waals surface area contributed by atoms with Crippen molar-refractivity contribution >= 4 is 33.3 Å². The van der Waals surface area contributed by atoms with Crippen molar-refractivity contribution in [3.63, 3.8) is 0 Å². The Bertz CT molecular complexity index is 1540. The maximum Gasteiger partial charge on any atom is 0.158 e. The molecule has 0 saturated carbocycles. The Balaban J connectivity index is 1.55. The van der Waals surface area contributed by atoms with E-state index in [1.54, 1.807) is 16.6 Å². The van der Waals surface area contributed by atoms with Gasteiger partial charge in [0.05, 0.1) is 11.4 Å². The van der Waals surface area contributed by atoms with E-state index in [9.17, 15) is 4.39 Å². The lowest BCUT2D eigenvalue weighted by Crippen LogP contribution is -2.01. The molecule has 6 aromatic rings. The number of H-pyrrole nitrogens is 2. The van der Waals surface area contributed by atoms with Crippen LogP contribution in [0.1, 0.15) is 0 Å². The van der Waals surface area contributed by atoms with Gasteiger partial charge in [-0.3, -0.25) is 0 Å². The van der Waals surface area contributed by atoms with E-state index in [1.807, 2.05) is 42.7 Å². The first-order valence-electron chi connectivity index (χ1n) is 9.17. The number of benzene rings is 2. The third-order valence-corrected chi connectivity index (χ3v) is 5.24. The molecule has 0 fully saturated rings. The fourth-order valence-electron chi connectivity index (χ4n) is 3.86. The average Bonchev–Trinajstić information content (AvgIpc) is 3.43. The van der Waals surface area contributed by atoms with Gasteiger partial charge in [-0.25, -0.2) is 9.37 Å². The molecule has 6 rings (SSSR count). The maximum absolute atomic E-state index is 13.8. The molecule has 4 N–H and O–H groups in total. The molecule has 6 nitrogen and oxygen atoms in total. The van der Waals surface area contributed by atoms with Gasteiger partial charge in [0.2, 0.25) is 0 Å². The summed E-state index contributed by atoms with van der Waals surface area (Å²) in [5, 5.41) is 6.49. The van der Waals surface area contributed by atoms with Gasteiger partial charge in [0, 0.05) is 57.5 Å². The van der Waals surface area contributed by atoms with E-state index in [-0.39, 0.29) is 5.82 Å². The molecule has 0 spiro atoms. The molecule has 0 saturated heterocycles. The second-order valence-electron chi connectivity index (χ2n) is 7.01. The van der Waals surface area contributed by atoms with Crippen LogP contribution in [0.3, 0.4) is 0 Å². The second-order valence-corrected chi connectivity index (χ2v) is 7.01. The average molecular weight is 382 g/mol. The zero-order valence-corrected chi connectivity index (χ0v) is 15.1. The molecule has 140 valence electrons. The number of aromatic nitrogens is 5. The number of nitrogen functional groups attached to an aromatic ring is 1. The quantitative estimate of drug-likeness (QED) is 0.404. The molecule has 0 bridgehead atoms. The summed E-state index contributed by atoms with van der Waals surface area (Å²) >= 11 is 0. The van der Waals surface area contributed by atoms with Crippen LogP contribution in [0, 0.1) is 5.82 Å². The van der Waals surface area contributed by atoms with E-state index < -0.39 is 0 Å². The lowest BCUT2D eigenvalue weighted by Gasteiger charge is -2.03. The van der Waals surface area contributed by atoms with Crippen molar-refractivity contribution in [1.29, 1.82) is 0 Å². The van der Waals surface area contributed by atoms with Crippen LogP contribution in [0.4, 0.5) is 10.2 Å². The molecule has 0 atom stereocenters. The predicted molar refractivity (Wildman–Crippen MR) is 112 cm³/mol. The van der Waals surface area contributed by atoms with Crippen molar-refractivity contribution in [2.45, 2.75) is 0 Å². The molecule has 0 aliphatic rings. The van der Waals surface area contributed by atoms with Gasteiger partial charge in [0.15, 0.2) is 5.65 Å². The number of hydrogen-bond donors (Lipinski definition) is 3. The number of aromatic amines is 2. The van der Waals surface area contributed by atoms with Crippen LogP contribution in [0.2, 0.25) is 0 Å². The number of fused-ring (bicyclic) bond motifs is 3. The zero-order chi connectivity index (χ0) is 19.5. The first kappa shape index (κ1) is 15.9. The summed E-state index contributed by atoms with van der Waals surface area (Å²) in [6, 6.07) is 16.4. The summed E-state index contributed by atoms with van der Waals surface area (Å²) in [5.41, 5.74) is 12.0. The minimum absolute atomic E-state index is 0.293. The summed E-state index contributed by atoms with van der Waals surface area (Å²) in [6.07, 6.45) is 3.76. The third-order valence-electron chi connectivity index (χ3n) is 5.24. The molecular weight excluding hydrogens is 367 g/mol. The molecule has 2 aromatic carbocycles. The van der Waals surface area contributed by atoms with Gasteiger partial charge in [0.25, 0.3) is 0 Å². The van der Waals surface area contributed by atoms with Crippen molar-refractivity contribution in [3.8, 4) is 22.5 Å². The zero-order valence-electron chi connectivity index (χ0n) is 15.1. The topological polar surface area (TPSA) is 87.8 Å². The second kappa shape index (κ2) is 5.68. The Hall–Kier alpha value is -4.13. The number of para-hydroxylation sites is 1. The highest BCUT2D eigenvalue weighted by molar-refractivity contribution is 5.96. The molecule has 0 unspecified atom stereocenters. The fourth-order valence-corrected chi connectivity index (χ4v) is 3.86. The Morgan fingerprint density at radius 1 is 0.828 bits per heavy atom. The van der Waals surface area contributed by atoms with Gasteiger partial charge in [-0.2, -0.15) is 9.61 Å². The summed E-state index contributed by atoms with van der Waals surface area (Å²) in [4.78, 5) is 11.2. The molecule has 4 heterocycles. The minimum atomic E-state index is -0.293. The first-order valence-corrected chi connectivity index (χ1v) is 9.17. The Kier molecular flexibility index (Phi) is 3.11. The maximum atomic E-state index is 13.8. The molecular formula is C22H15FN6. The molecule has 29 heavy (non-hydrogen) atoms. The smallest absolute Gasteiger partial charge is 0.158 e. The van der Waals surface area contributed by atoms with E-state index >= 15 is 0 Å². The third kappa shape index (κ3) is 2.34. The number of nitrogens with one attached hydrogen (secondary N) is 2. The van der Waals surface area contributed by atoms with Gasteiger partial charge in [-0.15, -0.1) is 0 Å². The van der Waals surface area contributed by atoms with Crippen molar-refractivity contribution in [1.82, 2.24) is 24.6 Å². The highest BCUT2D eigenvalue weighted by Gasteiger charge is 2.15. The lowest BCUT2D eigenvalue weighted by atomic mass is 10.1. The molecule has 0 amide bonds. The van der Waals surface area contributed by atoms with Crippen LogP contribution in [-0.2, 0) is 0 Å². The van der Waals surface area contributed by atoms with E-state index in [4.69, 9.17) is 10.7 Å². The van der Waals surface area contributed by atoms with Crippen LogP contribution in [0.15, 0.2) is 67.0 Å². The number of anilines is 1. The Morgan fingerprint density at radius 3 is 2.45 bits per heavy atom. The number of rotatable bonds is 2. The van der Waals surface area contributed by atoms with Gasteiger partial charge >= 0.3 is 0 Å². The van der Waals surface area contributed by atoms with E-state index in [2.05, 4.69) is 15.1 Å². The predicted octanol–water partition coefficient (Wildman–Crippen LogP) is 4.75. The van der Waals surface area contributed by atoms with Crippen molar-refractivity contribution < 1.29 is 4.39 Å². The van der Waals surface area contributed by atoms with Crippen LogP contribution in [0.5, 0.6) is 0 Å². The lowest BCUT2D eigenvalue weighted by molar-refractivity contribution is 0.630. The first-order chi connectivity index (χ1) is 14.2. The largest absolute Gasteiger partial charge is 0.384 e. The van der Waals surface area contributed by atoms with Crippen LogP contribution in [0.25, 0.3) is 50.0 Å². The summed E-state index contributed by atoms with van der Waals surface area (Å²) in [7, 11) is 0. The summed E-state index contributed by atoms with van der Waals surface area (Å²) < 4.78 is 15.4. The van der Waals surface area contributed by atoms with Crippen molar-refractivity contribution in [3.05, 3.63) is 72.8 Å². The van der Waals surface area contributed by atoms with Crippen LogP contribution in [-0.4, -0.2) is 24.6 Å². The monoisotopic (exact) mass is 382 g/mol. The van der Waals surface area contributed by atoms with Crippen LogP contribution >= 0.6 is 0 Å². The van der Waals surface area contributed by atoms with Gasteiger partial charge in [-0.05, 0) is 24.3 Å². The van der Waals surface area contributed by atoms with Crippen molar-refractivity contribution in [2.24, 2.45) is 0 Å². The summed E-state index contributed by atoms with van der Waals surface area (Å²) in [6.45, 7) is 0. The molecule has 0 radical (unpaired) electrons. The standard InChI is InChI=1S/C22H15FN6/c23-12-5-6-18-14(7-12)16(11-26-18)19-8-21(24)29-22(27-19)9-20(28-29)15-10-25-17-4-2-1-3-13(15)17/h1-11,25-26H,24H2. The highest BCUT2D eigenvalue weighted by Crippen LogP contribution is 2.32. The van der Waals surface area contributed by atoms with E-state index in [0.717, 1.165) is 38.6 Å². The van der Waals surface area contributed by atoms with Gasteiger partial charge in [-0.1, -0.05) is 18.2 Å². The van der Waals surface area contributed by atoms with Crippen LogP contribution < -0.4 is 5.73 Å². The molecule has 0 aliphatic heterocycles. The fraction of sp³-hybridized carbons (Fsp3) is 0. The number of hydrogen-bond acceptors (Lipinski definition) is 3. The van der Waals surface area contributed by atoms with Gasteiger partial charge in [0.1, 0.15) is 11.6 Å². The minimum Gasteiger partial charge on any atom is -0.384 e. The SMILES string of the molecule is Nc1cc(-c2c[nH]c3ccc(F)cc23)nc2cc(-c3c[nH]c4ccccc34)nn12. The molecule has 7 heteroatoms. The highest BCUT2D eigenvalue weighted by atomic mass is 19.1. The summed E-state index contributed by atoms with van der Waals surface area (Å²) in [5.74, 6) is 0.167. The molecule has 0 aliphatic carbocycles. The number of nitrogens with zero attached hydrogens (tertiary/aromatic N) is 3.